The molecule has 74 valence electrons. The first-order valence-electron chi connectivity index (χ1n) is 3.84. The molecule has 0 unspecified atom stereocenters. The van der Waals surface area contributed by atoms with Gasteiger partial charge in [-0.3, -0.25) is 0 Å². The van der Waals surface area contributed by atoms with Crippen molar-refractivity contribution in [1.29, 1.82) is 0 Å². The van der Waals surface area contributed by atoms with E-state index in [1.54, 1.807) is 12.1 Å². The molecule has 0 heterocycles. The van der Waals surface area contributed by atoms with Crippen LogP contribution < -0.4 is 0 Å². The molecule has 0 aromatic heterocycles. The van der Waals surface area contributed by atoms with Crippen molar-refractivity contribution in [3.8, 4) is 0 Å². The Labute approximate surface area is 89.4 Å². The normalized spacial score (nSPS) is 9.57. The number of hydrogen-bond donors (Lipinski definition) is 0. The molecule has 5 heteroatoms. The molecule has 0 fully saturated rings. The highest BCUT2D eigenvalue weighted by atomic mass is 79.9. The zero-order chi connectivity index (χ0) is 10.6. The minimum atomic E-state index is -0.547. The molecule has 0 radical (unpaired) electrons. The third-order valence-electron chi connectivity index (χ3n) is 1.76. The van der Waals surface area contributed by atoms with Crippen LogP contribution in [0.2, 0.25) is 0 Å². The largest absolute Gasteiger partial charge is 0.465 e. The molecule has 0 atom stereocenters. The summed E-state index contributed by atoms with van der Waals surface area (Å²) in [6.45, 7) is 0. The molecule has 0 aliphatic heterocycles. The van der Waals surface area contributed by atoms with E-state index in [1.807, 2.05) is 0 Å². The lowest BCUT2D eigenvalue weighted by molar-refractivity contribution is 0.0601. The smallest absolute Gasteiger partial charge is 0.340 e. The quantitative estimate of drug-likeness (QED) is 0.475. The Balaban J connectivity index is 3.32. The first-order valence-corrected chi connectivity index (χ1v) is 4.96. The van der Waals surface area contributed by atoms with Gasteiger partial charge in [-0.15, -0.1) is 4.91 Å². The number of methoxy groups -OCH3 is 1. The van der Waals surface area contributed by atoms with Gasteiger partial charge in [-0.2, -0.15) is 0 Å². The van der Waals surface area contributed by atoms with E-state index in [0.29, 0.717) is 10.9 Å². The summed E-state index contributed by atoms with van der Waals surface area (Å²) >= 11 is 3.22. The average Bonchev–Trinajstić information content (AvgIpc) is 2.26. The lowest BCUT2D eigenvalue weighted by Crippen LogP contribution is -2.05. The first-order chi connectivity index (χ1) is 6.74. The standard InChI is InChI=1S/C9H8BrNO3/c1-14-9(12)8-6(5-10)3-2-4-7(8)11-13/h2-4H,5H2,1H3. The molecule has 0 bridgehead atoms. The molecule has 1 aromatic carbocycles. The summed E-state index contributed by atoms with van der Waals surface area (Å²) < 4.78 is 4.56. The zero-order valence-electron chi connectivity index (χ0n) is 7.49. The van der Waals surface area contributed by atoms with Crippen LogP contribution in [0, 0.1) is 4.91 Å². The van der Waals surface area contributed by atoms with Crippen molar-refractivity contribution >= 4 is 27.6 Å². The van der Waals surface area contributed by atoms with E-state index in [0.717, 1.165) is 0 Å². The Kier molecular flexibility index (Phi) is 3.76. The Hall–Kier alpha value is -1.23. The number of benzene rings is 1. The minimum Gasteiger partial charge on any atom is -0.465 e. The highest BCUT2D eigenvalue weighted by Crippen LogP contribution is 2.25. The van der Waals surface area contributed by atoms with Gasteiger partial charge in [-0.1, -0.05) is 28.1 Å². The molecule has 0 aliphatic carbocycles. The molecular formula is C9H8BrNO3. The summed E-state index contributed by atoms with van der Waals surface area (Å²) in [5, 5.41) is 3.25. The summed E-state index contributed by atoms with van der Waals surface area (Å²) in [5.41, 5.74) is 1.02. The van der Waals surface area contributed by atoms with Crippen molar-refractivity contribution < 1.29 is 9.53 Å². The van der Waals surface area contributed by atoms with E-state index in [2.05, 4.69) is 25.8 Å². The number of halogens is 1. The fourth-order valence-electron chi connectivity index (χ4n) is 1.11. The second kappa shape index (κ2) is 4.85. The SMILES string of the molecule is COC(=O)c1c(CBr)cccc1N=O. The van der Waals surface area contributed by atoms with Crippen LogP contribution in [0.5, 0.6) is 0 Å². The van der Waals surface area contributed by atoms with E-state index in [9.17, 15) is 9.70 Å². The molecule has 14 heavy (non-hydrogen) atoms. The van der Waals surface area contributed by atoms with Gasteiger partial charge in [0.05, 0.1) is 12.7 Å². The van der Waals surface area contributed by atoms with E-state index in [1.165, 1.54) is 13.2 Å². The fourth-order valence-corrected chi connectivity index (χ4v) is 1.58. The number of carbonyl (C=O) groups excluding carboxylic acids is 1. The van der Waals surface area contributed by atoms with Gasteiger partial charge in [0, 0.05) is 5.33 Å². The maximum absolute atomic E-state index is 11.3. The summed E-state index contributed by atoms with van der Waals surface area (Å²) in [6, 6.07) is 4.88. The van der Waals surface area contributed by atoms with E-state index in [4.69, 9.17) is 0 Å². The van der Waals surface area contributed by atoms with Crippen LogP contribution in [0.15, 0.2) is 23.4 Å². The molecular weight excluding hydrogens is 250 g/mol. The number of nitroso groups, excluding NO2 is 1. The van der Waals surface area contributed by atoms with Gasteiger partial charge in [-0.05, 0) is 16.8 Å². The lowest BCUT2D eigenvalue weighted by Gasteiger charge is -2.05. The lowest BCUT2D eigenvalue weighted by atomic mass is 10.1. The maximum Gasteiger partial charge on any atom is 0.340 e. The Bertz CT molecular complexity index is 365. The number of carbonyl (C=O) groups is 1. The Morgan fingerprint density at radius 3 is 2.79 bits per heavy atom. The van der Waals surface area contributed by atoms with Crippen LogP contribution in [-0.4, -0.2) is 13.1 Å². The second-order valence-electron chi connectivity index (χ2n) is 2.53. The third-order valence-corrected chi connectivity index (χ3v) is 2.36. The summed E-state index contributed by atoms with van der Waals surface area (Å²) in [5.74, 6) is -0.547. The van der Waals surface area contributed by atoms with Crippen molar-refractivity contribution in [2.45, 2.75) is 5.33 Å². The second-order valence-corrected chi connectivity index (χ2v) is 3.09. The summed E-state index contributed by atoms with van der Waals surface area (Å²) in [6.07, 6.45) is 0. The average molecular weight is 258 g/mol. The third kappa shape index (κ3) is 1.98. The molecule has 0 aliphatic rings. The van der Waals surface area contributed by atoms with Crippen LogP contribution in [0.25, 0.3) is 0 Å². The number of nitrogens with zero attached hydrogens (tertiary/aromatic N) is 1. The highest BCUT2D eigenvalue weighted by molar-refractivity contribution is 9.08. The summed E-state index contributed by atoms with van der Waals surface area (Å²) in [7, 11) is 1.27. The molecule has 0 saturated carbocycles. The Morgan fingerprint density at radius 1 is 1.57 bits per heavy atom. The molecule has 0 spiro atoms. The van der Waals surface area contributed by atoms with Gasteiger partial charge in [0.25, 0.3) is 0 Å². The van der Waals surface area contributed by atoms with E-state index >= 15 is 0 Å². The number of alkyl halides is 1. The summed E-state index contributed by atoms with van der Waals surface area (Å²) in [4.78, 5) is 21.8. The number of rotatable bonds is 3. The molecule has 1 aromatic rings. The molecule has 4 nitrogen and oxygen atoms in total. The van der Waals surface area contributed by atoms with E-state index in [-0.39, 0.29) is 11.3 Å². The van der Waals surface area contributed by atoms with Crippen molar-refractivity contribution in [3.05, 3.63) is 34.2 Å². The van der Waals surface area contributed by atoms with Crippen LogP contribution in [0.3, 0.4) is 0 Å². The fraction of sp³-hybridized carbons (Fsp3) is 0.222. The van der Waals surface area contributed by atoms with Crippen LogP contribution in [-0.2, 0) is 10.1 Å². The zero-order valence-corrected chi connectivity index (χ0v) is 9.08. The molecule has 0 saturated heterocycles. The van der Waals surface area contributed by atoms with Gasteiger partial charge in [-0.25, -0.2) is 4.79 Å². The molecule has 0 N–H and O–H groups in total. The minimum absolute atomic E-state index is 0.105. The Morgan fingerprint density at radius 2 is 2.29 bits per heavy atom. The number of hydrogen-bond acceptors (Lipinski definition) is 4. The predicted octanol–water partition coefficient (Wildman–Crippen LogP) is 2.77. The van der Waals surface area contributed by atoms with Crippen molar-refractivity contribution in [2.75, 3.05) is 7.11 Å². The predicted molar refractivity (Wildman–Crippen MR) is 55.9 cm³/mol. The van der Waals surface area contributed by atoms with Gasteiger partial charge < -0.3 is 4.74 Å². The van der Waals surface area contributed by atoms with Gasteiger partial charge in [0.1, 0.15) is 5.69 Å². The maximum atomic E-state index is 11.3. The van der Waals surface area contributed by atoms with Crippen LogP contribution in [0.1, 0.15) is 15.9 Å². The van der Waals surface area contributed by atoms with Gasteiger partial charge in [0.2, 0.25) is 0 Å². The van der Waals surface area contributed by atoms with Crippen molar-refractivity contribution in [1.82, 2.24) is 0 Å². The topological polar surface area (TPSA) is 55.7 Å². The monoisotopic (exact) mass is 257 g/mol. The van der Waals surface area contributed by atoms with Crippen molar-refractivity contribution in [2.24, 2.45) is 5.18 Å². The first kappa shape index (κ1) is 10.8. The van der Waals surface area contributed by atoms with Crippen LogP contribution >= 0.6 is 15.9 Å². The van der Waals surface area contributed by atoms with Gasteiger partial charge in [0.15, 0.2) is 0 Å². The molecule has 0 amide bonds. The number of esters is 1. The van der Waals surface area contributed by atoms with E-state index < -0.39 is 5.97 Å². The molecule has 1 rings (SSSR count). The van der Waals surface area contributed by atoms with Crippen molar-refractivity contribution in [3.63, 3.8) is 0 Å². The highest BCUT2D eigenvalue weighted by Gasteiger charge is 2.16. The van der Waals surface area contributed by atoms with Gasteiger partial charge >= 0.3 is 5.97 Å². The van der Waals surface area contributed by atoms with Crippen LogP contribution in [0.4, 0.5) is 5.69 Å². The number of ether oxygens (including phenoxy) is 1.